The van der Waals surface area contributed by atoms with Crippen LogP contribution >= 0.6 is 0 Å². The molecular weight excluding hydrogens is 234 g/mol. The van der Waals surface area contributed by atoms with Gasteiger partial charge in [0.1, 0.15) is 5.60 Å². The molecule has 0 unspecified atom stereocenters. The van der Waals surface area contributed by atoms with Gasteiger partial charge in [-0.1, -0.05) is 43.3 Å². The second kappa shape index (κ2) is 4.22. The SMILES string of the molecule is C[C@H]1c2ccc(C#N)cc2C[C@]1(O)c1ccccc1. The van der Waals surface area contributed by atoms with Crippen LogP contribution in [0, 0.1) is 11.3 Å². The van der Waals surface area contributed by atoms with Crippen molar-refractivity contribution in [2.45, 2.75) is 24.9 Å². The summed E-state index contributed by atoms with van der Waals surface area (Å²) >= 11 is 0. The van der Waals surface area contributed by atoms with Crippen molar-refractivity contribution in [1.82, 2.24) is 0 Å². The van der Waals surface area contributed by atoms with Gasteiger partial charge in [0.2, 0.25) is 0 Å². The summed E-state index contributed by atoms with van der Waals surface area (Å²) in [5.41, 5.74) is 2.96. The zero-order valence-electron chi connectivity index (χ0n) is 10.8. The molecule has 2 nitrogen and oxygen atoms in total. The van der Waals surface area contributed by atoms with E-state index in [-0.39, 0.29) is 5.92 Å². The van der Waals surface area contributed by atoms with E-state index in [0.717, 1.165) is 16.7 Å². The molecule has 94 valence electrons. The lowest BCUT2D eigenvalue weighted by Crippen LogP contribution is -2.29. The van der Waals surface area contributed by atoms with Crippen LogP contribution in [0.1, 0.15) is 35.1 Å². The van der Waals surface area contributed by atoms with E-state index in [1.54, 1.807) is 0 Å². The molecule has 2 atom stereocenters. The third kappa shape index (κ3) is 1.75. The number of rotatable bonds is 1. The zero-order chi connectivity index (χ0) is 13.5. The number of aliphatic hydroxyl groups is 1. The molecule has 0 saturated carbocycles. The lowest BCUT2D eigenvalue weighted by atomic mass is 9.83. The van der Waals surface area contributed by atoms with Crippen molar-refractivity contribution in [3.8, 4) is 6.07 Å². The van der Waals surface area contributed by atoms with Crippen molar-refractivity contribution < 1.29 is 5.11 Å². The molecular formula is C17H15NO. The molecule has 0 heterocycles. The molecule has 0 fully saturated rings. The normalized spacial score (nSPS) is 24.8. The van der Waals surface area contributed by atoms with E-state index in [2.05, 4.69) is 6.07 Å². The second-order valence-electron chi connectivity index (χ2n) is 5.21. The third-order valence-corrected chi connectivity index (χ3v) is 4.19. The van der Waals surface area contributed by atoms with E-state index in [4.69, 9.17) is 5.26 Å². The molecule has 2 aromatic carbocycles. The molecule has 1 N–H and O–H groups in total. The van der Waals surface area contributed by atoms with E-state index < -0.39 is 5.60 Å². The Morgan fingerprint density at radius 3 is 2.63 bits per heavy atom. The molecule has 3 rings (SSSR count). The van der Waals surface area contributed by atoms with Crippen LogP contribution in [-0.4, -0.2) is 5.11 Å². The van der Waals surface area contributed by atoms with Gasteiger partial charge in [-0.2, -0.15) is 5.26 Å². The molecule has 0 saturated heterocycles. The average molecular weight is 249 g/mol. The van der Waals surface area contributed by atoms with Gasteiger partial charge in [0.15, 0.2) is 0 Å². The van der Waals surface area contributed by atoms with Crippen LogP contribution in [0.2, 0.25) is 0 Å². The zero-order valence-corrected chi connectivity index (χ0v) is 10.8. The van der Waals surface area contributed by atoms with Crippen molar-refractivity contribution in [1.29, 1.82) is 5.26 Å². The summed E-state index contributed by atoms with van der Waals surface area (Å²) < 4.78 is 0. The summed E-state index contributed by atoms with van der Waals surface area (Å²) in [6, 6.07) is 17.6. The summed E-state index contributed by atoms with van der Waals surface area (Å²) in [5.74, 6) is 0.0395. The van der Waals surface area contributed by atoms with Gasteiger partial charge in [0.05, 0.1) is 11.6 Å². The molecule has 2 heteroatoms. The maximum absolute atomic E-state index is 11.0. The number of nitrogens with zero attached hydrogens (tertiary/aromatic N) is 1. The first-order valence-corrected chi connectivity index (χ1v) is 6.46. The van der Waals surface area contributed by atoms with Gasteiger partial charge in [-0.05, 0) is 28.8 Å². The summed E-state index contributed by atoms with van der Waals surface area (Å²) in [5, 5.41) is 20.0. The molecule has 2 aromatic rings. The smallest absolute Gasteiger partial charge is 0.100 e. The molecule has 0 aliphatic heterocycles. The third-order valence-electron chi connectivity index (χ3n) is 4.19. The fourth-order valence-electron chi connectivity index (χ4n) is 3.03. The first kappa shape index (κ1) is 12.0. The quantitative estimate of drug-likeness (QED) is 0.844. The van der Waals surface area contributed by atoms with Crippen LogP contribution in [-0.2, 0) is 12.0 Å². The number of benzene rings is 2. The standard InChI is InChI=1S/C17H15NO/c1-12-16-8-7-13(11-18)9-14(16)10-17(12,19)15-5-3-2-4-6-15/h2-9,12,19H,10H2,1H3/t12-,17+/m0/s1. The minimum Gasteiger partial charge on any atom is -0.384 e. The Hall–Kier alpha value is -2.11. The van der Waals surface area contributed by atoms with Crippen LogP contribution in [0.15, 0.2) is 48.5 Å². The molecule has 0 spiro atoms. The van der Waals surface area contributed by atoms with Gasteiger partial charge >= 0.3 is 0 Å². The molecule has 19 heavy (non-hydrogen) atoms. The summed E-state index contributed by atoms with van der Waals surface area (Å²) in [7, 11) is 0. The minimum absolute atomic E-state index is 0.0395. The fourth-order valence-corrected chi connectivity index (χ4v) is 3.03. The minimum atomic E-state index is -0.863. The highest BCUT2D eigenvalue weighted by atomic mass is 16.3. The van der Waals surface area contributed by atoms with Gasteiger partial charge < -0.3 is 5.11 Å². The monoisotopic (exact) mass is 249 g/mol. The van der Waals surface area contributed by atoms with Crippen molar-refractivity contribution in [2.75, 3.05) is 0 Å². The number of hydrogen-bond donors (Lipinski definition) is 1. The van der Waals surface area contributed by atoms with E-state index in [1.165, 1.54) is 0 Å². The predicted octanol–water partition coefficient (Wildman–Crippen LogP) is 3.11. The van der Waals surface area contributed by atoms with Crippen molar-refractivity contribution in [2.24, 2.45) is 0 Å². The molecule has 1 aliphatic rings. The van der Waals surface area contributed by atoms with Crippen molar-refractivity contribution in [3.63, 3.8) is 0 Å². The highest BCUT2D eigenvalue weighted by molar-refractivity contribution is 5.47. The lowest BCUT2D eigenvalue weighted by molar-refractivity contribution is 0.0250. The molecule has 0 bridgehead atoms. The topological polar surface area (TPSA) is 44.0 Å². The Balaban J connectivity index is 2.08. The molecule has 1 aliphatic carbocycles. The first-order chi connectivity index (χ1) is 9.15. The Bertz CT molecular complexity index is 657. The average Bonchev–Trinajstić information content (AvgIpc) is 2.72. The maximum Gasteiger partial charge on any atom is 0.100 e. The van der Waals surface area contributed by atoms with Gasteiger partial charge in [0.25, 0.3) is 0 Å². The Labute approximate surface area is 112 Å². The van der Waals surface area contributed by atoms with Gasteiger partial charge in [-0.15, -0.1) is 0 Å². The fraction of sp³-hybridized carbons (Fsp3) is 0.235. The second-order valence-corrected chi connectivity index (χ2v) is 5.21. The van der Waals surface area contributed by atoms with E-state index in [0.29, 0.717) is 12.0 Å². The number of fused-ring (bicyclic) bond motifs is 1. The van der Waals surface area contributed by atoms with Gasteiger partial charge in [0, 0.05) is 12.3 Å². The molecule has 0 aromatic heterocycles. The number of hydrogen-bond acceptors (Lipinski definition) is 2. The highest BCUT2D eigenvalue weighted by Crippen LogP contribution is 2.47. The molecule has 0 amide bonds. The molecule has 0 radical (unpaired) electrons. The highest BCUT2D eigenvalue weighted by Gasteiger charge is 2.43. The van der Waals surface area contributed by atoms with Crippen molar-refractivity contribution >= 4 is 0 Å². The van der Waals surface area contributed by atoms with E-state index >= 15 is 0 Å². The van der Waals surface area contributed by atoms with E-state index in [9.17, 15) is 5.11 Å². The Kier molecular flexibility index (Phi) is 2.66. The summed E-state index contributed by atoms with van der Waals surface area (Å²) in [6.07, 6.45) is 0.572. The van der Waals surface area contributed by atoms with Crippen LogP contribution in [0.5, 0.6) is 0 Å². The van der Waals surface area contributed by atoms with Gasteiger partial charge in [-0.3, -0.25) is 0 Å². The largest absolute Gasteiger partial charge is 0.384 e. The Morgan fingerprint density at radius 1 is 1.21 bits per heavy atom. The van der Waals surface area contributed by atoms with Gasteiger partial charge in [-0.25, -0.2) is 0 Å². The summed E-state index contributed by atoms with van der Waals surface area (Å²) in [6.45, 7) is 2.05. The number of nitriles is 1. The Morgan fingerprint density at radius 2 is 1.95 bits per heavy atom. The summed E-state index contributed by atoms with van der Waals surface area (Å²) in [4.78, 5) is 0. The maximum atomic E-state index is 11.0. The van der Waals surface area contributed by atoms with Crippen molar-refractivity contribution in [3.05, 3.63) is 70.8 Å². The lowest BCUT2D eigenvalue weighted by Gasteiger charge is -2.28. The predicted molar refractivity (Wildman–Crippen MR) is 73.6 cm³/mol. The van der Waals surface area contributed by atoms with Crippen LogP contribution in [0.25, 0.3) is 0 Å². The van der Waals surface area contributed by atoms with Crippen LogP contribution in [0.3, 0.4) is 0 Å². The van der Waals surface area contributed by atoms with Crippen LogP contribution < -0.4 is 0 Å². The van der Waals surface area contributed by atoms with Crippen LogP contribution in [0.4, 0.5) is 0 Å². The van der Waals surface area contributed by atoms with E-state index in [1.807, 2.05) is 55.5 Å². The first-order valence-electron chi connectivity index (χ1n) is 6.46.